The second kappa shape index (κ2) is 4.97. The van der Waals surface area contributed by atoms with Gasteiger partial charge in [0.25, 0.3) is 0 Å². The van der Waals surface area contributed by atoms with Crippen LogP contribution in [0.15, 0.2) is 4.52 Å². The molecule has 0 bridgehead atoms. The van der Waals surface area contributed by atoms with Crippen LogP contribution in [0.4, 0.5) is 0 Å². The monoisotopic (exact) mass is 251 g/mol. The molecule has 0 amide bonds. The molecule has 1 aromatic heterocycles. The van der Waals surface area contributed by atoms with E-state index in [1.54, 1.807) is 0 Å². The Kier molecular flexibility index (Phi) is 3.35. The molecule has 1 saturated carbocycles. The third-order valence-corrected chi connectivity index (χ3v) is 4.38. The largest absolute Gasteiger partial charge is 0.381 e. The van der Waals surface area contributed by atoms with Crippen molar-refractivity contribution in [3.05, 3.63) is 11.7 Å². The molecule has 0 aromatic carbocycles. The van der Waals surface area contributed by atoms with E-state index in [1.165, 1.54) is 19.3 Å². The molecule has 2 N–H and O–H groups in total. The third-order valence-electron chi connectivity index (χ3n) is 4.38. The average Bonchev–Trinajstić information content (AvgIpc) is 2.96. The van der Waals surface area contributed by atoms with Crippen molar-refractivity contribution in [2.75, 3.05) is 19.8 Å². The smallest absolute Gasteiger partial charge is 0.227 e. The zero-order valence-corrected chi connectivity index (χ0v) is 10.7. The van der Waals surface area contributed by atoms with E-state index >= 15 is 0 Å². The molecule has 1 atom stereocenters. The van der Waals surface area contributed by atoms with E-state index in [-0.39, 0.29) is 5.41 Å². The zero-order valence-electron chi connectivity index (χ0n) is 10.7. The molecule has 3 rings (SSSR count). The number of aromatic nitrogens is 2. The Hall–Kier alpha value is -0.940. The fraction of sp³-hybridized carbons (Fsp3) is 0.846. The van der Waals surface area contributed by atoms with Crippen LogP contribution in [0.2, 0.25) is 0 Å². The lowest BCUT2D eigenvalue weighted by molar-refractivity contribution is 0.129. The first-order valence-electron chi connectivity index (χ1n) is 6.89. The van der Waals surface area contributed by atoms with Gasteiger partial charge in [-0.3, -0.25) is 0 Å². The minimum atomic E-state index is 0.236. The number of nitrogens with two attached hydrogens (primary N) is 1. The van der Waals surface area contributed by atoms with Crippen molar-refractivity contribution in [1.29, 1.82) is 0 Å². The number of nitrogens with zero attached hydrogens (tertiary/aromatic N) is 2. The van der Waals surface area contributed by atoms with Crippen LogP contribution in [0.25, 0.3) is 0 Å². The van der Waals surface area contributed by atoms with E-state index in [0.717, 1.165) is 50.7 Å². The zero-order chi connectivity index (χ0) is 12.4. The molecule has 1 unspecified atom stereocenters. The predicted molar refractivity (Wildman–Crippen MR) is 66.0 cm³/mol. The molecule has 2 fully saturated rings. The summed E-state index contributed by atoms with van der Waals surface area (Å²) >= 11 is 0. The SMILES string of the molecule is NCC1(Cc2nc(CC3CCOC3)no2)CCC1. The number of ether oxygens (including phenoxy) is 1. The second-order valence-electron chi connectivity index (χ2n) is 5.77. The van der Waals surface area contributed by atoms with Gasteiger partial charge in [0.05, 0.1) is 0 Å². The first kappa shape index (κ1) is 12.1. The summed E-state index contributed by atoms with van der Waals surface area (Å²) in [5.41, 5.74) is 6.09. The molecule has 0 spiro atoms. The highest BCUT2D eigenvalue weighted by Crippen LogP contribution is 2.42. The Bertz CT molecular complexity index is 389. The summed E-state index contributed by atoms with van der Waals surface area (Å²) in [6.07, 6.45) is 6.49. The second-order valence-corrected chi connectivity index (χ2v) is 5.77. The van der Waals surface area contributed by atoms with Gasteiger partial charge < -0.3 is 15.0 Å². The minimum absolute atomic E-state index is 0.236. The lowest BCUT2D eigenvalue weighted by Gasteiger charge is -2.39. The van der Waals surface area contributed by atoms with E-state index < -0.39 is 0 Å². The Morgan fingerprint density at radius 3 is 2.89 bits per heavy atom. The van der Waals surface area contributed by atoms with Crippen LogP contribution in [0.1, 0.15) is 37.4 Å². The van der Waals surface area contributed by atoms with Crippen molar-refractivity contribution in [2.45, 2.75) is 38.5 Å². The van der Waals surface area contributed by atoms with Crippen LogP contribution in [0.3, 0.4) is 0 Å². The maximum absolute atomic E-state index is 5.85. The summed E-state index contributed by atoms with van der Waals surface area (Å²) in [6.45, 7) is 2.42. The molecule has 2 aliphatic rings. The quantitative estimate of drug-likeness (QED) is 0.854. The van der Waals surface area contributed by atoms with Crippen LogP contribution in [0.5, 0.6) is 0 Å². The molecular weight excluding hydrogens is 230 g/mol. The van der Waals surface area contributed by atoms with Crippen LogP contribution in [-0.4, -0.2) is 29.9 Å². The topological polar surface area (TPSA) is 74.2 Å². The van der Waals surface area contributed by atoms with Crippen LogP contribution < -0.4 is 5.73 Å². The van der Waals surface area contributed by atoms with Gasteiger partial charge in [0, 0.05) is 26.1 Å². The summed E-state index contributed by atoms with van der Waals surface area (Å²) in [5.74, 6) is 2.14. The molecular formula is C13H21N3O2. The maximum Gasteiger partial charge on any atom is 0.227 e. The van der Waals surface area contributed by atoms with Gasteiger partial charge in [-0.05, 0) is 37.1 Å². The Morgan fingerprint density at radius 1 is 1.39 bits per heavy atom. The van der Waals surface area contributed by atoms with Crippen LogP contribution >= 0.6 is 0 Å². The van der Waals surface area contributed by atoms with Crippen LogP contribution in [0, 0.1) is 11.3 Å². The van der Waals surface area contributed by atoms with Gasteiger partial charge >= 0.3 is 0 Å². The van der Waals surface area contributed by atoms with Crippen molar-refractivity contribution in [3.8, 4) is 0 Å². The normalized spacial score (nSPS) is 26.2. The predicted octanol–water partition coefficient (Wildman–Crippen LogP) is 1.32. The molecule has 18 heavy (non-hydrogen) atoms. The van der Waals surface area contributed by atoms with Gasteiger partial charge in [-0.2, -0.15) is 4.98 Å². The minimum Gasteiger partial charge on any atom is -0.381 e. The van der Waals surface area contributed by atoms with E-state index in [2.05, 4.69) is 10.1 Å². The molecule has 2 heterocycles. The number of hydrogen-bond donors (Lipinski definition) is 1. The highest BCUT2D eigenvalue weighted by molar-refractivity contribution is 4.98. The molecule has 1 saturated heterocycles. The van der Waals surface area contributed by atoms with Gasteiger partial charge in [-0.25, -0.2) is 0 Å². The van der Waals surface area contributed by atoms with Gasteiger partial charge in [-0.15, -0.1) is 0 Å². The first-order valence-corrected chi connectivity index (χ1v) is 6.89. The fourth-order valence-electron chi connectivity index (χ4n) is 2.90. The Morgan fingerprint density at radius 2 is 2.28 bits per heavy atom. The summed E-state index contributed by atoms with van der Waals surface area (Å²) in [5, 5.41) is 4.07. The lowest BCUT2D eigenvalue weighted by Crippen LogP contribution is -2.39. The van der Waals surface area contributed by atoms with Gasteiger partial charge in [0.2, 0.25) is 5.89 Å². The van der Waals surface area contributed by atoms with Crippen LogP contribution in [-0.2, 0) is 17.6 Å². The van der Waals surface area contributed by atoms with Crippen molar-refractivity contribution < 1.29 is 9.26 Å². The lowest BCUT2D eigenvalue weighted by atomic mass is 9.67. The summed E-state index contributed by atoms with van der Waals surface area (Å²) in [6, 6.07) is 0. The Labute approximate surface area is 107 Å². The standard InChI is InChI=1S/C13H21N3O2/c14-9-13(3-1-4-13)7-12-15-11(16-18-12)6-10-2-5-17-8-10/h10H,1-9,14H2. The molecule has 0 radical (unpaired) electrons. The van der Waals surface area contributed by atoms with E-state index in [4.69, 9.17) is 15.0 Å². The number of hydrogen-bond acceptors (Lipinski definition) is 5. The molecule has 1 aromatic rings. The number of rotatable bonds is 5. The van der Waals surface area contributed by atoms with E-state index in [0.29, 0.717) is 5.92 Å². The maximum atomic E-state index is 5.85. The van der Waals surface area contributed by atoms with Crippen molar-refractivity contribution >= 4 is 0 Å². The molecule has 5 heteroatoms. The van der Waals surface area contributed by atoms with Crippen molar-refractivity contribution in [2.24, 2.45) is 17.1 Å². The van der Waals surface area contributed by atoms with Crippen molar-refractivity contribution in [1.82, 2.24) is 10.1 Å². The molecule has 1 aliphatic heterocycles. The molecule has 1 aliphatic carbocycles. The summed E-state index contributed by atoms with van der Waals surface area (Å²) < 4.78 is 10.7. The van der Waals surface area contributed by atoms with Gasteiger partial charge in [-0.1, -0.05) is 11.6 Å². The summed E-state index contributed by atoms with van der Waals surface area (Å²) in [4.78, 5) is 4.50. The first-order chi connectivity index (χ1) is 8.80. The fourth-order valence-corrected chi connectivity index (χ4v) is 2.90. The molecule has 5 nitrogen and oxygen atoms in total. The van der Waals surface area contributed by atoms with Gasteiger partial charge in [0.1, 0.15) is 0 Å². The van der Waals surface area contributed by atoms with E-state index in [1.807, 2.05) is 0 Å². The average molecular weight is 251 g/mol. The highest BCUT2D eigenvalue weighted by atomic mass is 16.5. The van der Waals surface area contributed by atoms with Gasteiger partial charge in [0.15, 0.2) is 5.82 Å². The highest BCUT2D eigenvalue weighted by Gasteiger charge is 2.37. The van der Waals surface area contributed by atoms with E-state index in [9.17, 15) is 0 Å². The third kappa shape index (κ3) is 2.42. The summed E-state index contributed by atoms with van der Waals surface area (Å²) in [7, 11) is 0. The van der Waals surface area contributed by atoms with Crippen molar-refractivity contribution in [3.63, 3.8) is 0 Å². The molecule has 100 valence electrons. The Balaban J connectivity index is 1.58.